The van der Waals surface area contributed by atoms with Crippen molar-refractivity contribution < 1.29 is 5.11 Å². The van der Waals surface area contributed by atoms with Crippen LogP contribution in [-0.4, -0.2) is 30.5 Å². The Morgan fingerprint density at radius 1 is 1.48 bits per heavy atom. The Bertz CT molecular complexity index is 810. The van der Waals surface area contributed by atoms with E-state index in [0.29, 0.717) is 22.0 Å². The quantitative estimate of drug-likeness (QED) is 0.829. The number of halogens is 1. The van der Waals surface area contributed by atoms with Crippen molar-refractivity contribution in [1.29, 1.82) is 0 Å². The summed E-state index contributed by atoms with van der Waals surface area (Å²) in [5.74, 6) is 0. The molecule has 2 aromatic heterocycles. The second-order valence-electron chi connectivity index (χ2n) is 6.54. The van der Waals surface area contributed by atoms with E-state index in [2.05, 4.69) is 28.9 Å². The summed E-state index contributed by atoms with van der Waals surface area (Å²) in [5, 5.41) is 15.0. The average Bonchev–Trinajstić information content (AvgIpc) is 2.98. The number of rotatable bonds is 3. The van der Waals surface area contributed by atoms with Crippen LogP contribution in [0.25, 0.3) is 6.08 Å². The molecule has 0 spiro atoms. The highest BCUT2D eigenvalue weighted by Gasteiger charge is 2.51. The normalized spacial score (nSPS) is 25.1. The highest BCUT2D eigenvalue weighted by Crippen LogP contribution is 2.50. The number of hydrogen-bond donors (Lipinski definition) is 2. The molecule has 0 radical (unpaired) electrons. The maximum atomic E-state index is 11.5. The second kappa shape index (κ2) is 5.85. The lowest BCUT2D eigenvalue weighted by Gasteiger charge is -2.37. The summed E-state index contributed by atoms with van der Waals surface area (Å²) in [6, 6.07) is 3.59. The summed E-state index contributed by atoms with van der Waals surface area (Å²) < 4.78 is 2.12. The number of aromatic amines is 1. The van der Waals surface area contributed by atoms with Crippen molar-refractivity contribution in [2.45, 2.75) is 38.8 Å². The van der Waals surface area contributed by atoms with Crippen LogP contribution in [0.4, 0.5) is 0 Å². The number of nitrogens with one attached hydrogen (secondary N) is 1. The molecule has 1 fully saturated rings. The Hall–Kier alpha value is -1.50. The molecule has 0 aromatic carbocycles. The predicted octanol–water partition coefficient (Wildman–Crippen LogP) is 3.62. The Morgan fingerprint density at radius 2 is 2.26 bits per heavy atom. The van der Waals surface area contributed by atoms with Crippen LogP contribution in [0, 0.1) is 10.2 Å². The van der Waals surface area contributed by atoms with Gasteiger partial charge in [0.1, 0.15) is 11.9 Å². The predicted molar refractivity (Wildman–Crippen MR) is 92.6 cm³/mol. The number of H-pyrrole nitrogens is 1. The molecule has 2 N–H and O–H groups in total. The second-order valence-corrected chi connectivity index (χ2v) is 7.31. The van der Waals surface area contributed by atoms with E-state index in [0.717, 1.165) is 18.4 Å². The van der Waals surface area contributed by atoms with Gasteiger partial charge in [-0.05, 0) is 54.3 Å². The van der Waals surface area contributed by atoms with Crippen LogP contribution in [-0.2, 0) is 6.54 Å². The third-order valence-electron chi connectivity index (χ3n) is 4.77. The van der Waals surface area contributed by atoms with Gasteiger partial charge in [0.2, 0.25) is 4.77 Å². The fourth-order valence-corrected chi connectivity index (χ4v) is 3.44. The molecule has 1 saturated carbocycles. The van der Waals surface area contributed by atoms with Gasteiger partial charge in [-0.1, -0.05) is 25.4 Å². The van der Waals surface area contributed by atoms with E-state index in [1.807, 2.05) is 6.08 Å². The third-order valence-corrected chi connectivity index (χ3v) is 5.42. The van der Waals surface area contributed by atoms with Gasteiger partial charge in [-0.2, -0.15) is 0 Å². The summed E-state index contributed by atoms with van der Waals surface area (Å²) >= 11 is 11.4. The van der Waals surface area contributed by atoms with Crippen LogP contribution in [0.5, 0.6) is 0 Å². The maximum Gasteiger partial charge on any atom is 0.215 e. The van der Waals surface area contributed by atoms with Crippen molar-refractivity contribution in [1.82, 2.24) is 19.7 Å². The molecule has 5 nitrogen and oxygen atoms in total. The van der Waals surface area contributed by atoms with E-state index in [1.54, 1.807) is 23.0 Å². The van der Waals surface area contributed by atoms with Gasteiger partial charge in [-0.25, -0.2) is 4.98 Å². The van der Waals surface area contributed by atoms with Gasteiger partial charge < -0.3 is 5.11 Å². The molecule has 2 heterocycles. The van der Waals surface area contributed by atoms with Crippen LogP contribution >= 0.6 is 23.8 Å². The summed E-state index contributed by atoms with van der Waals surface area (Å²) in [6.07, 6.45) is 6.80. The van der Waals surface area contributed by atoms with Gasteiger partial charge in [-0.3, -0.25) is 14.8 Å². The van der Waals surface area contributed by atoms with E-state index < -0.39 is 5.60 Å². The summed E-state index contributed by atoms with van der Waals surface area (Å²) in [6.45, 7) is 4.46. The van der Waals surface area contributed by atoms with Crippen LogP contribution in [0.15, 0.2) is 30.2 Å². The molecule has 0 aliphatic heterocycles. The minimum absolute atomic E-state index is 0.292. The van der Waals surface area contributed by atoms with Crippen LogP contribution in [0.2, 0.25) is 5.02 Å². The summed E-state index contributed by atoms with van der Waals surface area (Å²) in [5.41, 5.74) is 0.256. The molecule has 1 aliphatic rings. The molecule has 23 heavy (non-hydrogen) atoms. The van der Waals surface area contributed by atoms with Gasteiger partial charge in [0.25, 0.3) is 0 Å². The zero-order chi connectivity index (χ0) is 16.7. The number of pyridine rings is 1. The molecule has 0 bridgehead atoms. The summed E-state index contributed by atoms with van der Waals surface area (Å²) in [7, 11) is 0. The first-order chi connectivity index (χ1) is 10.8. The molecule has 7 heteroatoms. The SMILES string of the molecule is CC1(C)CC/C(=C\c2ncccc2Cl)C1(O)Cn1[nH]cnc1=S. The van der Waals surface area contributed by atoms with E-state index in [4.69, 9.17) is 23.8 Å². The third kappa shape index (κ3) is 2.86. The maximum absolute atomic E-state index is 11.5. The number of aromatic nitrogens is 4. The highest BCUT2D eigenvalue weighted by atomic mass is 35.5. The first-order valence-electron chi connectivity index (χ1n) is 7.48. The Labute approximate surface area is 145 Å². The number of hydrogen-bond acceptors (Lipinski definition) is 4. The molecular formula is C16H19ClN4OS. The van der Waals surface area contributed by atoms with Crippen molar-refractivity contribution in [2.24, 2.45) is 5.41 Å². The first kappa shape index (κ1) is 16.4. The van der Waals surface area contributed by atoms with E-state index in [1.165, 1.54) is 6.33 Å². The minimum Gasteiger partial charge on any atom is -0.383 e. The zero-order valence-corrected chi connectivity index (χ0v) is 14.7. The molecule has 1 aliphatic carbocycles. The standard InChI is InChI=1S/C16H19ClN4OS/c1-15(2)6-5-11(8-13-12(17)4-3-7-18-13)16(15,22)9-21-14(23)19-10-20-21/h3-4,7-8,10,22H,5-6,9H2,1-2H3,(H,19,20,23)/b11-8+. The van der Waals surface area contributed by atoms with Gasteiger partial charge in [-0.15, -0.1) is 0 Å². The highest BCUT2D eigenvalue weighted by molar-refractivity contribution is 7.71. The monoisotopic (exact) mass is 350 g/mol. The van der Waals surface area contributed by atoms with Crippen molar-refractivity contribution in [3.63, 3.8) is 0 Å². The van der Waals surface area contributed by atoms with Crippen LogP contribution in [0.3, 0.4) is 0 Å². The van der Waals surface area contributed by atoms with Crippen molar-refractivity contribution >= 4 is 29.9 Å². The summed E-state index contributed by atoms with van der Waals surface area (Å²) in [4.78, 5) is 8.32. The van der Waals surface area contributed by atoms with Gasteiger partial charge >= 0.3 is 0 Å². The Morgan fingerprint density at radius 3 is 2.91 bits per heavy atom. The lowest BCUT2D eigenvalue weighted by molar-refractivity contribution is -0.0301. The first-order valence-corrected chi connectivity index (χ1v) is 8.26. The largest absolute Gasteiger partial charge is 0.383 e. The van der Waals surface area contributed by atoms with Crippen LogP contribution in [0.1, 0.15) is 32.4 Å². The van der Waals surface area contributed by atoms with Gasteiger partial charge in [0, 0.05) is 6.20 Å². The molecule has 1 unspecified atom stereocenters. The lowest BCUT2D eigenvalue weighted by atomic mass is 9.76. The van der Waals surface area contributed by atoms with E-state index in [9.17, 15) is 5.11 Å². The molecule has 3 rings (SSSR count). The van der Waals surface area contributed by atoms with Crippen LogP contribution < -0.4 is 0 Å². The lowest BCUT2D eigenvalue weighted by Crippen LogP contribution is -2.45. The topological polar surface area (TPSA) is 66.7 Å². The molecule has 2 aromatic rings. The number of nitrogens with zero attached hydrogens (tertiary/aromatic N) is 3. The fourth-order valence-electron chi connectivity index (χ4n) is 3.09. The number of aliphatic hydroxyl groups is 1. The Balaban J connectivity index is 2.04. The average molecular weight is 351 g/mol. The Kier molecular flexibility index (Phi) is 4.16. The molecule has 122 valence electrons. The van der Waals surface area contributed by atoms with E-state index >= 15 is 0 Å². The van der Waals surface area contributed by atoms with Crippen molar-refractivity contribution in [3.8, 4) is 0 Å². The molecular weight excluding hydrogens is 332 g/mol. The van der Waals surface area contributed by atoms with Crippen molar-refractivity contribution in [2.75, 3.05) is 0 Å². The fraction of sp³-hybridized carbons (Fsp3) is 0.438. The van der Waals surface area contributed by atoms with Gasteiger partial charge in [0.05, 0.1) is 17.3 Å². The zero-order valence-electron chi connectivity index (χ0n) is 13.1. The molecule has 0 saturated heterocycles. The minimum atomic E-state index is -1.04. The van der Waals surface area contributed by atoms with Gasteiger partial charge in [0.15, 0.2) is 0 Å². The van der Waals surface area contributed by atoms with Crippen molar-refractivity contribution in [3.05, 3.63) is 45.7 Å². The molecule has 0 amide bonds. The smallest absolute Gasteiger partial charge is 0.215 e. The van der Waals surface area contributed by atoms with E-state index in [-0.39, 0.29) is 5.41 Å². The molecule has 1 atom stereocenters.